The second kappa shape index (κ2) is 5.66. The van der Waals surface area contributed by atoms with E-state index in [9.17, 15) is 10.1 Å². The Balaban J connectivity index is 1.67. The first-order valence-corrected chi connectivity index (χ1v) is 7.86. The maximum Gasteiger partial charge on any atom is 0.296 e. The molecule has 0 spiro atoms. The van der Waals surface area contributed by atoms with Crippen LogP contribution in [0.1, 0.15) is 39.5 Å². The van der Waals surface area contributed by atoms with Crippen LogP contribution in [-0.4, -0.2) is 40.4 Å². The first-order valence-electron chi connectivity index (χ1n) is 7.86. The number of piperidine rings is 1. The Morgan fingerprint density at radius 1 is 1.29 bits per heavy atom. The molecule has 0 aromatic carbocycles. The van der Waals surface area contributed by atoms with E-state index < -0.39 is 0 Å². The van der Waals surface area contributed by atoms with E-state index in [4.69, 9.17) is 0 Å². The summed E-state index contributed by atoms with van der Waals surface area (Å²) in [6, 6.07) is 0.371. The van der Waals surface area contributed by atoms with Crippen LogP contribution in [0.4, 0.5) is 0 Å². The van der Waals surface area contributed by atoms with Crippen molar-refractivity contribution in [3.8, 4) is 0 Å². The van der Waals surface area contributed by atoms with Gasteiger partial charge in [-0.2, -0.15) is 0 Å². The minimum atomic E-state index is -0.302. The van der Waals surface area contributed by atoms with Gasteiger partial charge in [0.05, 0.1) is 22.4 Å². The number of allylic oxidation sites excluding steroid dienone is 1. The molecule has 3 rings (SSSR count). The molecule has 2 fully saturated rings. The summed E-state index contributed by atoms with van der Waals surface area (Å²) in [6.07, 6.45) is 6.65. The third kappa shape index (κ3) is 3.20. The van der Waals surface area contributed by atoms with Gasteiger partial charge in [0.1, 0.15) is 0 Å². The quantitative estimate of drug-likeness (QED) is 0.453. The smallest absolute Gasteiger partial charge is 0.296 e. The fourth-order valence-electron chi connectivity index (χ4n) is 3.33. The molecule has 0 bridgehead atoms. The van der Waals surface area contributed by atoms with Crippen molar-refractivity contribution in [2.24, 2.45) is 5.92 Å². The predicted molar refractivity (Wildman–Crippen MR) is 81.0 cm³/mol. The lowest BCUT2D eigenvalue weighted by Crippen LogP contribution is -2.43. The molecular formula is C16H23N3O2. The van der Waals surface area contributed by atoms with Gasteiger partial charge in [-0.25, -0.2) is 0 Å². The molecule has 21 heavy (non-hydrogen) atoms. The van der Waals surface area contributed by atoms with E-state index in [0.29, 0.717) is 11.6 Å². The summed E-state index contributed by atoms with van der Waals surface area (Å²) >= 11 is 0. The van der Waals surface area contributed by atoms with E-state index >= 15 is 0 Å². The van der Waals surface area contributed by atoms with E-state index in [0.717, 1.165) is 37.5 Å². The van der Waals surface area contributed by atoms with Crippen molar-refractivity contribution in [1.29, 1.82) is 0 Å². The van der Waals surface area contributed by atoms with E-state index in [1.165, 1.54) is 19.4 Å². The number of hydrogen-bond donors (Lipinski definition) is 0. The van der Waals surface area contributed by atoms with Gasteiger partial charge in [0, 0.05) is 25.7 Å². The summed E-state index contributed by atoms with van der Waals surface area (Å²) in [4.78, 5) is 15.4. The van der Waals surface area contributed by atoms with Crippen molar-refractivity contribution in [2.45, 2.75) is 45.6 Å². The number of likely N-dealkylation sites (tertiary alicyclic amines) is 1. The molecule has 1 saturated heterocycles. The lowest BCUT2D eigenvalue weighted by molar-refractivity contribution is -0.422. The highest BCUT2D eigenvalue weighted by molar-refractivity contribution is 5.29. The maximum atomic E-state index is 11.1. The topological polar surface area (TPSA) is 49.6 Å². The average molecular weight is 289 g/mol. The minimum Gasteiger partial charge on any atom is -0.336 e. The molecule has 0 N–H and O–H groups in total. The second-order valence-corrected chi connectivity index (χ2v) is 6.49. The molecule has 5 heteroatoms. The number of rotatable bonds is 4. The highest BCUT2D eigenvalue weighted by Gasteiger charge is 2.31. The molecule has 0 unspecified atom stereocenters. The summed E-state index contributed by atoms with van der Waals surface area (Å²) in [7, 11) is 0. The van der Waals surface area contributed by atoms with E-state index in [2.05, 4.69) is 15.5 Å². The fourth-order valence-corrected chi connectivity index (χ4v) is 3.33. The van der Waals surface area contributed by atoms with Crippen molar-refractivity contribution < 1.29 is 4.92 Å². The number of hydrogen-bond acceptors (Lipinski definition) is 4. The highest BCUT2D eigenvalue weighted by atomic mass is 16.6. The van der Waals surface area contributed by atoms with Crippen LogP contribution >= 0.6 is 0 Å². The zero-order chi connectivity index (χ0) is 15.0. The van der Waals surface area contributed by atoms with Gasteiger partial charge in [0.25, 0.3) is 5.70 Å². The van der Waals surface area contributed by atoms with E-state index in [1.807, 2.05) is 6.92 Å². The molecule has 1 saturated carbocycles. The SMILES string of the molecule is CC1=C=C(C)N(C2CCN(CC3CC3)CC2)C=C1[N+](=O)[O-]. The van der Waals surface area contributed by atoms with Gasteiger partial charge < -0.3 is 9.80 Å². The molecule has 3 aliphatic rings. The molecule has 0 aromatic rings. The Labute approximate surface area is 125 Å². The summed E-state index contributed by atoms with van der Waals surface area (Å²) in [5.74, 6) is 0.935. The highest BCUT2D eigenvalue weighted by Crippen LogP contribution is 2.32. The summed E-state index contributed by atoms with van der Waals surface area (Å²) in [5.41, 5.74) is 4.95. The largest absolute Gasteiger partial charge is 0.336 e. The van der Waals surface area contributed by atoms with Gasteiger partial charge >= 0.3 is 0 Å². The maximum absolute atomic E-state index is 11.1. The van der Waals surface area contributed by atoms with Gasteiger partial charge in [0.15, 0.2) is 0 Å². The molecule has 1 aliphatic carbocycles. The molecular weight excluding hydrogens is 266 g/mol. The van der Waals surface area contributed by atoms with Crippen molar-refractivity contribution >= 4 is 0 Å². The molecule has 2 heterocycles. The van der Waals surface area contributed by atoms with Crippen molar-refractivity contribution in [3.05, 3.63) is 39.0 Å². The van der Waals surface area contributed by atoms with E-state index in [1.54, 1.807) is 13.1 Å². The Morgan fingerprint density at radius 3 is 2.52 bits per heavy atom. The zero-order valence-electron chi connectivity index (χ0n) is 12.8. The van der Waals surface area contributed by atoms with Crippen LogP contribution in [0, 0.1) is 16.0 Å². The second-order valence-electron chi connectivity index (χ2n) is 6.49. The Hall–Kier alpha value is -1.58. The average Bonchev–Trinajstić information content (AvgIpc) is 3.23. The van der Waals surface area contributed by atoms with Crippen LogP contribution in [0.25, 0.3) is 0 Å². The zero-order valence-corrected chi connectivity index (χ0v) is 12.8. The van der Waals surface area contributed by atoms with Gasteiger partial charge in [-0.15, -0.1) is 0 Å². The lowest BCUT2D eigenvalue weighted by atomic mass is 10.0. The van der Waals surface area contributed by atoms with Crippen LogP contribution < -0.4 is 0 Å². The first kappa shape index (κ1) is 14.4. The molecule has 2 aliphatic heterocycles. The molecule has 0 aromatic heterocycles. The molecule has 0 atom stereocenters. The fraction of sp³-hybridized carbons (Fsp3) is 0.688. The van der Waals surface area contributed by atoms with Crippen molar-refractivity contribution in [1.82, 2.24) is 9.80 Å². The van der Waals surface area contributed by atoms with Gasteiger partial charge in [-0.1, -0.05) is 5.73 Å². The third-order valence-electron chi connectivity index (χ3n) is 4.76. The van der Waals surface area contributed by atoms with Gasteiger partial charge in [0.2, 0.25) is 0 Å². The van der Waals surface area contributed by atoms with Crippen LogP contribution in [0.2, 0.25) is 0 Å². The Bertz CT molecular complexity index is 534. The molecule has 0 radical (unpaired) electrons. The minimum absolute atomic E-state index is 0.181. The predicted octanol–water partition coefficient (Wildman–Crippen LogP) is 2.74. The van der Waals surface area contributed by atoms with Crippen molar-refractivity contribution in [2.75, 3.05) is 19.6 Å². The summed E-state index contributed by atoms with van der Waals surface area (Å²) in [6.45, 7) is 7.21. The van der Waals surface area contributed by atoms with E-state index in [-0.39, 0.29) is 10.6 Å². The molecule has 114 valence electrons. The molecule has 5 nitrogen and oxygen atoms in total. The van der Waals surface area contributed by atoms with Gasteiger partial charge in [-0.3, -0.25) is 10.1 Å². The Kier molecular flexibility index (Phi) is 3.87. The first-order chi connectivity index (χ1) is 10.0. The number of nitrogens with zero attached hydrogens (tertiary/aromatic N) is 3. The normalized spacial score (nSPS) is 24.5. The van der Waals surface area contributed by atoms with Crippen molar-refractivity contribution in [3.63, 3.8) is 0 Å². The Morgan fingerprint density at radius 2 is 1.95 bits per heavy atom. The van der Waals surface area contributed by atoms with Crippen LogP contribution in [0.5, 0.6) is 0 Å². The monoisotopic (exact) mass is 289 g/mol. The van der Waals surface area contributed by atoms with Gasteiger partial charge in [-0.05, 0) is 45.4 Å². The van der Waals surface area contributed by atoms with Crippen LogP contribution in [0.15, 0.2) is 28.9 Å². The lowest BCUT2D eigenvalue weighted by Gasteiger charge is -2.38. The molecule has 0 amide bonds. The third-order valence-corrected chi connectivity index (χ3v) is 4.76. The van der Waals surface area contributed by atoms with Crippen LogP contribution in [-0.2, 0) is 0 Å². The summed E-state index contributed by atoms with van der Waals surface area (Å²) in [5, 5.41) is 11.1. The number of nitro groups is 1. The summed E-state index contributed by atoms with van der Waals surface area (Å²) < 4.78 is 0. The van der Waals surface area contributed by atoms with Crippen LogP contribution in [0.3, 0.4) is 0 Å². The standard InChI is InChI=1S/C16H23N3O2/c1-12-9-13(2)18(11-16(12)19(20)21)15-5-7-17(8-6-15)10-14-3-4-14/h11,14-15H,3-8,10H2,1-2H3.